The van der Waals surface area contributed by atoms with Gasteiger partial charge in [0, 0.05) is 6.61 Å². The van der Waals surface area contributed by atoms with Crippen molar-refractivity contribution in [2.75, 3.05) is 18.1 Å². The summed E-state index contributed by atoms with van der Waals surface area (Å²) in [5.74, 6) is 0.718. The van der Waals surface area contributed by atoms with Crippen molar-refractivity contribution in [1.82, 2.24) is 4.98 Å². The lowest BCUT2D eigenvalue weighted by Gasteiger charge is -2.23. The molecule has 0 aliphatic carbocycles. The summed E-state index contributed by atoms with van der Waals surface area (Å²) in [7, 11) is 0. The molecule has 5 nitrogen and oxygen atoms in total. The van der Waals surface area contributed by atoms with Crippen LogP contribution >= 0.6 is 11.3 Å². The fourth-order valence-electron chi connectivity index (χ4n) is 3.06. The Bertz CT molecular complexity index is 868. The monoisotopic (exact) mass is 368 g/mol. The maximum atomic E-state index is 13.2. The Morgan fingerprint density at radius 1 is 1.27 bits per heavy atom. The van der Waals surface area contributed by atoms with Gasteiger partial charge in [0.2, 0.25) is 0 Å². The molecule has 1 aliphatic rings. The van der Waals surface area contributed by atoms with E-state index >= 15 is 0 Å². The van der Waals surface area contributed by atoms with Crippen molar-refractivity contribution >= 4 is 38.3 Å². The number of thiazole rings is 1. The van der Waals surface area contributed by atoms with Crippen LogP contribution < -0.4 is 9.64 Å². The third-order valence-electron chi connectivity index (χ3n) is 4.31. The van der Waals surface area contributed by atoms with Crippen molar-refractivity contribution in [3.8, 4) is 5.75 Å². The molecule has 2 heterocycles. The van der Waals surface area contributed by atoms with Crippen LogP contribution in [0.4, 0.5) is 10.8 Å². The van der Waals surface area contributed by atoms with Gasteiger partial charge in [0.15, 0.2) is 5.13 Å². The van der Waals surface area contributed by atoms with Crippen LogP contribution in [-0.4, -0.2) is 30.2 Å². The van der Waals surface area contributed by atoms with Crippen LogP contribution in [-0.2, 0) is 9.53 Å². The summed E-state index contributed by atoms with van der Waals surface area (Å²) in [5, 5.41) is 0.663. The van der Waals surface area contributed by atoms with Gasteiger partial charge in [-0.05, 0) is 56.2 Å². The number of nitrogens with zero attached hydrogens (tertiary/aromatic N) is 2. The summed E-state index contributed by atoms with van der Waals surface area (Å²) in [6, 6.07) is 15.5. The van der Waals surface area contributed by atoms with Crippen LogP contribution in [0, 0.1) is 0 Å². The van der Waals surface area contributed by atoms with E-state index in [1.807, 2.05) is 55.5 Å². The third kappa shape index (κ3) is 3.30. The fraction of sp³-hybridized carbons (Fsp3) is 0.300. The van der Waals surface area contributed by atoms with E-state index in [1.54, 1.807) is 4.90 Å². The molecule has 0 saturated carbocycles. The van der Waals surface area contributed by atoms with Gasteiger partial charge in [0.1, 0.15) is 11.9 Å². The maximum Gasteiger partial charge on any atom is 0.262 e. The number of rotatable bonds is 5. The molecular weight excluding hydrogens is 348 g/mol. The van der Waals surface area contributed by atoms with Crippen molar-refractivity contribution in [1.29, 1.82) is 0 Å². The van der Waals surface area contributed by atoms with Crippen LogP contribution in [0.2, 0.25) is 0 Å². The number of benzene rings is 2. The number of hydrogen-bond acceptors (Lipinski definition) is 5. The highest BCUT2D eigenvalue weighted by Crippen LogP contribution is 2.35. The summed E-state index contributed by atoms with van der Waals surface area (Å²) in [4.78, 5) is 19.5. The first-order chi connectivity index (χ1) is 12.8. The van der Waals surface area contributed by atoms with Gasteiger partial charge in [0.05, 0.1) is 22.5 Å². The predicted octanol–water partition coefficient (Wildman–Crippen LogP) is 4.54. The Balaban J connectivity index is 1.74. The van der Waals surface area contributed by atoms with Crippen LogP contribution in [0.3, 0.4) is 0 Å². The van der Waals surface area contributed by atoms with Gasteiger partial charge < -0.3 is 9.47 Å². The highest BCUT2D eigenvalue weighted by molar-refractivity contribution is 7.22. The first kappa shape index (κ1) is 17.0. The largest absolute Gasteiger partial charge is 0.494 e. The Labute approximate surface area is 156 Å². The van der Waals surface area contributed by atoms with Gasteiger partial charge in [0.25, 0.3) is 5.91 Å². The molecule has 1 aliphatic heterocycles. The molecule has 0 radical (unpaired) electrons. The molecule has 4 rings (SSSR count). The van der Waals surface area contributed by atoms with Crippen LogP contribution in [0.1, 0.15) is 19.8 Å². The standard InChI is InChI=1S/C20H20N2O3S/c1-2-24-15-11-9-14(10-12-15)22(19(23)17-7-5-13-25-17)20-21-16-6-3-4-8-18(16)26-20/h3-4,6,8-12,17H,2,5,7,13H2,1H3. The minimum Gasteiger partial charge on any atom is -0.494 e. The number of para-hydroxylation sites is 1. The lowest BCUT2D eigenvalue weighted by molar-refractivity contribution is -0.126. The first-order valence-corrected chi connectivity index (χ1v) is 9.62. The van der Waals surface area contributed by atoms with Crippen molar-refractivity contribution in [3.63, 3.8) is 0 Å². The molecule has 1 fully saturated rings. The van der Waals surface area contributed by atoms with Gasteiger partial charge in [-0.2, -0.15) is 0 Å². The van der Waals surface area contributed by atoms with E-state index in [0.29, 0.717) is 18.3 Å². The van der Waals surface area contributed by atoms with Gasteiger partial charge in [-0.25, -0.2) is 4.98 Å². The number of hydrogen-bond donors (Lipinski definition) is 0. The molecule has 1 aromatic heterocycles. The second-order valence-corrected chi connectivity index (χ2v) is 7.08. The van der Waals surface area contributed by atoms with E-state index < -0.39 is 6.10 Å². The topological polar surface area (TPSA) is 51.7 Å². The average molecular weight is 368 g/mol. The quantitative estimate of drug-likeness (QED) is 0.663. The Morgan fingerprint density at radius 3 is 2.77 bits per heavy atom. The van der Waals surface area contributed by atoms with Gasteiger partial charge in [-0.15, -0.1) is 0 Å². The molecule has 6 heteroatoms. The molecule has 26 heavy (non-hydrogen) atoms. The third-order valence-corrected chi connectivity index (χ3v) is 5.33. The van der Waals surface area contributed by atoms with E-state index in [4.69, 9.17) is 9.47 Å². The second kappa shape index (κ2) is 7.43. The summed E-state index contributed by atoms with van der Waals surface area (Å²) < 4.78 is 12.2. The molecule has 3 aromatic rings. The van der Waals surface area contributed by atoms with E-state index in [1.165, 1.54) is 11.3 Å². The molecule has 1 atom stereocenters. The minimum absolute atomic E-state index is 0.0642. The zero-order chi connectivity index (χ0) is 17.9. The van der Waals surface area contributed by atoms with Crippen LogP contribution in [0.15, 0.2) is 48.5 Å². The number of carbonyl (C=O) groups is 1. The maximum absolute atomic E-state index is 13.2. The summed E-state index contributed by atoms with van der Waals surface area (Å²) in [6.07, 6.45) is 1.25. The predicted molar refractivity (Wildman–Crippen MR) is 103 cm³/mol. The molecule has 1 saturated heterocycles. The number of amides is 1. The fourth-order valence-corrected chi connectivity index (χ4v) is 4.05. The molecular formula is C20H20N2O3S. The van der Waals surface area contributed by atoms with Gasteiger partial charge >= 0.3 is 0 Å². The minimum atomic E-state index is -0.409. The van der Waals surface area contributed by atoms with Crippen molar-refractivity contribution in [2.45, 2.75) is 25.9 Å². The van der Waals surface area contributed by atoms with Crippen LogP contribution in [0.5, 0.6) is 5.75 Å². The van der Waals surface area contributed by atoms with Crippen LogP contribution in [0.25, 0.3) is 10.2 Å². The summed E-state index contributed by atoms with van der Waals surface area (Å²) >= 11 is 1.51. The van der Waals surface area contributed by atoms with Gasteiger partial charge in [-0.3, -0.25) is 9.69 Å². The van der Waals surface area contributed by atoms with Crippen molar-refractivity contribution in [3.05, 3.63) is 48.5 Å². The number of anilines is 2. The van der Waals surface area contributed by atoms with E-state index in [2.05, 4.69) is 4.98 Å². The smallest absolute Gasteiger partial charge is 0.262 e. The lowest BCUT2D eigenvalue weighted by atomic mass is 10.2. The molecule has 2 aromatic carbocycles. The molecule has 1 amide bonds. The average Bonchev–Trinajstić information content (AvgIpc) is 3.33. The van der Waals surface area contributed by atoms with E-state index in [-0.39, 0.29) is 5.91 Å². The SMILES string of the molecule is CCOc1ccc(N(C(=O)C2CCCO2)c2nc3ccccc3s2)cc1. The molecule has 134 valence electrons. The highest BCUT2D eigenvalue weighted by atomic mass is 32.1. The Kier molecular flexibility index (Phi) is 4.86. The Morgan fingerprint density at radius 2 is 2.08 bits per heavy atom. The van der Waals surface area contributed by atoms with Crippen molar-refractivity contribution in [2.24, 2.45) is 0 Å². The molecule has 0 N–H and O–H groups in total. The van der Waals surface area contributed by atoms with E-state index in [0.717, 1.165) is 34.5 Å². The van der Waals surface area contributed by atoms with E-state index in [9.17, 15) is 4.79 Å². The number of ether oxygens (including phenoxy) is 2. The summed E-state index contributed by atoms with van der Waals surface area (Å²) in [6.45, 7) is 3.19. The zero-order valence-electron chi connectivity index (χ0n) is 14.6. The number of aromatic nitrogens is 1. The molecule has 1 unspecified atom stereocenters. The Hall–Kier alpha value is -2.44. The number of fused-ring (bicyclic) bond motifs is 1. The normalized spacial score (nSPS) is 16.7. The first-order valence-electron chi connectivity index (χ1n) is 8.80. The molecule has 0 bridgehead atoms. The second-order valence-electron chi connectivity index (χ2n) is 6.07. The molecule has 0 spiro atoms. The van der Waals surface area contributed by atoms with Crippen molar-refractivity contribution < 1.29 is 14.3 Å². The zero-order valence-corrected chi connectivity index (χ0v) is 15.4. The summed E-state index contributed by atoms with van der Waals surface area (Å²) in [5.41, 5.74) is 1.66. The lowest BCUT2D eigenvalue weighted by Crippen LogP contribution is -2.35. The highest BCUT2D eigenvalue weighted by Gasteiger charge is 2.31. The van der Waals surface area contributed by atoms with Gasteiger partial charge in [-0.1, -0.05) is 23.5 Å². The number of carbonyl (C=O) groups excluding carboxylic acids is 1.